The largest absolute Gasteiger partial charge is 0.380 e. The first-order chi connectivity index (χ1) is 10.4. The summed E-state index contributed by atoms with van der Waals surface area (Å²) < 4.78 is 31.7. The average Bonchev–Trinajstić information content (AvgIpc) is 2.53. The molecule has 0 bridgehead atoms. The quantitative estimate of drug-likeness (QED) is 0.818. The lowest BCUT2D eigenvalue weighted by Gasteiger charge is -2.31. The SMILES string of the molecule is COC(C)CNc1ccc(S(=O)(=O)N2CCN(C)CC2)cn1. The van der Waals surface area contributed by atoms with Gasteiger partial charge in [0, 0.05) is 46.0 Å². The number of likely N-dealkylation sites (N-methyl/N-ethyl adjacent to an activating group) is 1. The van der Waals surface area contributed by atoms with Crippen LogP contribution in [0.2, 0.25) is 0 Å². The van der Waals surface area contributed by atoms with Gasteiger partial charge in [-0.05, 0) is 26.1 Å². The molecule has 2 rings (SSSR count). The number of hydrogen-bond acceptors (Lipinski definition) is 6. The van der Waals surface area contributed by atoms with Gasteiger partial charge < -0.3 is 15.0 Å². The zero-order valence-corrected chi connectivity index (χ0v) is 14.1. The monoisotopic (exact) mass is 328 g/mol. The van der Waals surface area contributed by atoms with Crippen molar-refractivity contribution in [3.63, 3.8) is 0 Å². The number of ether oxygens (including phenoxy) is 1. The highest BCUT2D eigenvalue weighted by atomic mass is 32.2. The molecule has 0 aromatic carbocycles. The van der Waals surface area contributed by atoms with E-state index in [-0.39, 0.29) is 11.0 Å². The molecule has 22 heavy (non-hydrogen) atoms. The van der Waals surface area contributed by atoms with Crippen LogP contribution in [0.1, 0.15) is 6.92 Å². The lowest BCUT2D eigenvalue weighted by Crippen LogP contribution is -2.47. The molecule has 0 spiro atoms. The van der Waals surface area contributed by atoms with Crippen molar-refractivity contribution in [1.82, 2.24) is 14.2 Å². The van der Waals surface area contributed by atoms with Crippen LogP contribution >= 0.6 is 0 Å². The molecule has 1 unspecified atom stereocenters. The van der Waals surface area contributed by atoms with Crippen LogP contribution < -0.4 is 5.32 Å². The van der Waals surface area contributed by atoms with Gasteiger partial charge in [0.1, 0.15) is 10.7 Å². The third kappa shape index (κ3) is 4.16. The fourth-order valence-electron chi connectivity index (χ4n) is 2.15. The third-order valence-electron chi connectivity index (χ3n) is 3.81. The Morgan fingerprint density at radius 3 is 2.55 bits per heavy atom. The van der Waals surface area contributed by atoms with E-state index in [4.69, 9.17) is 4.74 Å². The van der Waals surface area contributed by atoms with E-state index < -0.39 is 10.0 Å². The third-order valence-corrected chi connectivity index (χ3v) is 5.69. The van der Waals surface area contributed by atoms with Gasteiger partial charge in [0.05, 0.1) is 6.10 Å². The second kappa shape index (κ2) is 7.36. The minimum Gasteiger partial charge on any atom is -0.380 e. The summed E-state index contributed by atoms with van der Waals surface area (Å²) in [6, 6.07) is 3.28. The number of methoxy groups -OCH3 is 1. The molecule has 0 aliphatic carbocycles. The molecule has 124 valence electrons. The van der Waals surface area contributed by atoms with E-state index in [9.17, 15) is 8.42 Å². The number of piperazine rings is 1. The summed E-state index contributed by atoms with van der Waals surface area (Å²) >= 11 is 0. The van der Waals surface area contributed by atoms with Crippen LogP contribution in [0.4, 0.5) is 5.82 Å². The van der Waals surface area contributed by atoms with Crippen molar-refractivity contribution >= 4 is 15.8 Å². The minimum absolute atomic E-state index is 0.0653. The molecule has 7 nitrogen and oxygen atoms in total. The van der Waals surface area contributed by atoms with Gasteiger partial charge >= 0.3 is 0 Å². The molecule has 1 aromatic rings. The zero-order valence-electron chi connectivity index (χ0n) is 13.3. The van der Waals surface area contributed by atoms with E-state index in [2.05, 4.69) is 15.2 Å². The topological polar surface area (TPSA) is 74.8 Å². The molecule has 1 aliphatic rings. The molecular weight excluding hydrogens is 304 g/mol. The molecule has 1 saturated heterocycles. The van der Waals surface area contributed by atoms with E-state index >= 15 is 0 Å². The highest BCUT2D eigenvalue weighted by molar-refractivity contribution is 7.89. The maximum absolute atomic E-state index is 12.5. The second-order valence-corrected chi connectivity index (χ2v) is 7.45. The van der Waals surface area contributed by atoms with Crippen molar-refractivity contribution in [2.24, 2.45) is 0 Å². The number of sulfonamides is 1. The fraction of sp³-hybridized carbons (Fsp3) is 0.643. The van der Waals surface area contributed by atoms with E-state index in [1.54, 1.807) is 19.2 Å². The standard InChI is InChI=1S/C14H24N4O3S/c1-12(21-3)10-15-14-5-4-13(11-16-14)22(19,20)18-8-6-17(2)7-9-18/h4-5,11-12H,6-10H2,1-3H3,(H,15,16). The molecule has 0 radical (unpaired) electrons. The number of nitrogens with zero attached hydrogens (tertiary/aromatic N) is 3. The molecule has 0 amide bonds. The molecule has 1 fully saturated rings. The van der Waals surface area contributed by atoms with Crippen LogP contribution in [0, 0.1) is 0 Å². The summed E-state index contributed by atoms with van der Waals surface area (Å²) in [6.45, 7) is 5.10. The Bertz CT molecular complexity index is 568. The van der Waals surface area contributed by atoms with Gasteiger partial charge in [-0.3, -0.25) is 0 Å². The van der Waals surface area contributed by atoms with E-state index in [0.29, 0.717) is 25.5 Å². The Balaban J connectivity index is 2.02. The molecular formula is C14H24N4O3S. The molecule has 1 aromatic heterocycles. The van der Waals surface area contributed by atoms with Crippen molar-refractivity contribution < 1.29 is 13.2 Å². The maximum Gasteiger partial charge on any atom is 0.244 e. The molecule has 0 saturated carbocycles. The number of pyridine rings is 1. The lowest BCUT2D eigenvalue weighted by atomic mass is 10.4. The van der Waals surface area contributed by atoms with Gasteiger partial charge in [-0.1, -0.05) is 0 Å². The van der Waals surface area contributed by atoms with Crippen LogP contribution in [0.5, 0.6) is 0 Å². The lowest BCUT2D eigenvalue weighted by molar-refractivity contribution is 0.128. The van der Waals surface area contributed by atoms with Crippen molar-refractivity contribution in [2.45, 2.75) is 17.9 Å². The summed E-state index contributed by atoms with van der Waals surface area (Å²) in [5.74, 6) is 0.640. The Kier molecular flexibility index (Phi) is 5.74. The highest BCUT2D eigenvalue weighted by Gasteiger charge is 2.27. The van der Waals surface area contributed by atoms with E-state index in [0.717, 1.165) is 13.1 Å². The molecule has 8 heteroatoms. The van der Waals surface area contributed by atoms with Gasteiger partial charge in [0.2, 0.25) is 10.0 Å². The molecule has 1 aliphatic heterocycles. The van der Waals surface area contributed by atoms with Crippen LogP contribution in [0.25, 0.3) is 0 Å². The van der Waals surface area contributed by atoms with Gasteiger partial charge in [0.25, 0.3) is 0 Å². The zero-order chi connectivity index (χ0) is 16.2. The first-order valence-corrected chi connectivity index (χ1v) is 8.79. The maximum atomic E-state index is 12.5. The molecule has 1 atom stereocenters. The molecule has 2 heterocycles. The summed E-state index contributed by atoms with van der Waals surface area (Å²) in [5, 5.41) is 3.11. The Morgan fingerprint density at radius 1 is 1.32 bits per heavy atom. The van der Waals surface area contributed by atoms with Crippen LogP contribution in [0.3, 0.4) is 0 Å². The summed E-state index contributed by atoms with van der Waals surface area (Å²) in [4.78, 5) is 6.54. The van der Waals surface area contributed by atoms with Crippen LogP contribution in [-0.2, 0) is 14.8 Å². The average molecular weight is 328 g/mol. The van der Waals surface area contributed by atoms with Crippen LogP contribution in [-0.4, -0.2) is 75.6 Å². The first kappa shape index (κ1) is 17.1. The number of rotatable bonds is 6. The smallest absolute Gasteiger partial charge is 0.244 e. The summed E-state index contributed by atoms with van der Waals surface area (Å²) in [7, 11) is 0.191. The van der Waals surface area contributed by atoms with Gasteiger partial charge in [-0.2, -0.15) is 4.31 Å². The van der Waals surface area contributed by atoms with Crippen molar-refractivity contribution in [2.75, 3.05) is 52.2 Å². The van der Waals surface area contributed by atoms with Gasteiger partial charge in [0.15, 0.2) is 0 Å². The summed E-state index contributed by atoms with van der Waals surface area (Å²) in [6.07, 6.45) is 1.48. The van der Waals surface area contributed by atoms with E-state index in [1.807, 2.05) is 14.0 Å². The Labute approximate surface area is 132 Å². The number of nitrogens with one attached hydrogen (secondary N) is 1. The number of anilines is 1. The van der Waals surface area contributed by atoms with Crippen LogP contribution in [0.15, 0.2) is 23.2 Å². The Morgan fingerprint density at radius 2 is 2.00 bits per heavy atom. The second-order valence-electron chi connectivity index (χ2n) is 5.51. The van der Waals surface area contributed by atoms with Crippen molar-refractivity contribution in [3.05, 3.63) is 18.3 Å². The summed E-state index contributed by atoms with van der Waals surface area (Å²) in [5.41, 5.74) is 0. The number of aromatic nitrogens is 1. The van der Waals surface area contributed by atoms with E-state index in [1.165, 1.54) is 10.5 Å². The van der Waals surface area contributed by atoms with Crippen molar-refractivity contribution in [3.8, 4) is 0 Å². The van der Waals surface area contributed by atoms with Gasteiger partial charge in [-0.25, -0.2) is 13.4 Å². The predicted octanol–water partition coefficient (Wildman–Crippen LogP) is 0.465. The minimum atomic E-state index is -3.45. The predicted molar refractivity (Wildman–Crippen MR) is 85.5 cm³/mol. The molecule has 1 N–H and O–H groups in total. The Hall–Kier alpha value is -1.22. The first-order valence-electron chi connectivity index (χ1n) is 7.35. The van der Waals surface area contributed by atoms with Crippen molar-refractivity contribution in [1.29, 1.82) is 0 Å². The highest BCUT2D eigenvalue weighted by Crippen LogP contribution is 2.17. The fourth-order valence-corrected chi connectivity index (χ4v) is 3.51. The normalized spacial score (nSPS) is 19.0. The number of hydrogen-bond donors (Lipinski definition) is 1. The van der Waals surface area contributed by atoms with Gasteiger partial charge in [-0.15, -0.1) is 0 Å².